The number of benzene rings is 1. The Morgan fingerprint density at radius 2 is 2.20 bits per heavy atom. The lowest BCUT2D eigenvalue weighted by molar-refractivity contribution is 0.0780. The van der Waals surface area contributed by atoms with Gasteiger partial charge in [0.1, 0.15) is 5.82 Å². The fourth-order valence-corrected chi connectivity index (χ4v) is 1.98. The molecule has 0 bridgehead atoms. The molecule has 0 N–H and O–H groups in total. The summed E-state index contributed by atoms with van der Waals surface area (Å²) in [7, 11) is 1.74. The summed E-state index contributed by atoms with van der Waals surface area (Å²) in [5.41, 5.74) is 0.177. The van der Waals surface area contributed by atoms with Gasteiger partial charge in [-0.25, -0.2) is 4.39 Å². The van der Waals surface area contributed by atoms with Gasteiger partial charge < -0.3 is 4.90 Å². The Morgan fingerprint density at radius 3 is 2.80 bits per heavy atom. The molecule has 0 radical (unpaired) electrons. The van der Waals surface area contributed by atoms with E-state index in [4.69, 9.17) is 0 Å². The summed E-state index contributed by atoms with van der Waals surface area (Å²) < 4.78 is 14.1. The number of hydrogen-bond acceptors (Lipinski definition) is 1. The van der Waals surface area contributed by atoms with Gasteiger partial charge in [0.2, 0.25) is 0 Å². The topological polar surface area (TPSA) is 20.3 Å². The van der Waals surface area contributed by atoms with Gasteiger partial charge in [0.15, 0.2) is 0 Å². The minimum absolute atomic E-state index is 0.177. The third-order valence-corrected chi connectivity index (χ3v) is 3.43. The van der Waals surface area contributed by atoms with E-state index in [2.05, 4.69) is 0 Å². The molecule has 0 atom stereocenters. The first-order valence-corrected chi connectivity index (χ1v) is 5.90. The number of carbonyl (C=O) groups is 1. The van der Waals surface area contributed by atoms with E-state index < -0.39 is 5.82 Å². The SMILES string of the molecule is CN(C(=O)c1cccc(I)c1F)C1CC1. The summed E-state index contributed by atoms with van der Waals surface area (Å²) in [6.07, 6.45) is 2.07. The highest BCUT2D eigenvalue weighted by Gasteiger charge is 2.31. The fourth-order valence-electron chi connectivity index (χ4n) is 1.49. The van der Waals surface area contributed by atoms with E-state index in [1.165, 1.54) is 0 Å². The van der Waals surface area contributed by atoms with Crippen LogP contribution in [-0.4, -0.2) is 23.9 Å². The molecule has 15 heavy (non-hydrogen) atoms. The van der Waals surface area contributed by atoms with Crippen molar-refractivity contribution in [2.24, 2.45) is 0 Å². The molecule has 0 aromatic heterocycles. The molecule has 80 valence electrons. The second-order valence-electron chi connectivity index (χ2n) is 3.75. The van der Waals surface area contributed by atoms with Crippen LogP contribution in [0.2, 0.25) is 0 Å². The minimum atomic E-state index is -0.407. The lowest BCUT2D eigenvalue weighted by atomic mass is 10.2. The van der Waals surface area contributed by atoms with Crippen LogP contribution in [0.15, 0.2) is 18.2 Å². The van der Waals surface area contributed by atoms with E-state index in [0.717, 1.165) is 12.8 Å². The Bertz CT molecular complexity index is 404. The summed E-state index contributed by atoms with van der Waals surface area (Å²) in [4.78, 5) is 13.5. The van der Waals surface area contributed by atoms with Crippen LogP contribution in [0, 0.1) is 9.39 Å². The van der Waals surface area contributed by atoms with Crippen molar-refractivity contribution in [3.8, 4) is 0 Å². The van der Waals surface area contributed by atoms with Gasteiger partial charge in [0.05, 0.1) is 5.56 Å². The van der Waals surface area contributed by atoms with Gasteiger partial charge in [-0.15, -0.1) is 0 Å². The lowest BCUT2D eigenvalue weighted by Crippen LogP contribution is -2.29. The van der Waals surface area contributed by atoms with Crippen molar-refractivity contribution in [1.82, 2.24) is 4.90 Å². The Balaban J connectivity index is 2.28. The molecule has 1 aliphatic carbocycles. The van der Waals surface area contributed by atoms with Crippen molar-refractivity contribution in [3.63, 3.8) is 0 Å². The lowest BCUT2D eigenvalue weighted by Gasteiger charge is -2.16. The Morgan fingerprint density at radius 1 is 1.53 bits per heavy atom. The maximum Gasteiger partial charge on any atom is 0.256 e. The second kappa shape index (κ2) is 4.08. The van der Waals surface area contributed by atoms with Crippen LogP contribution in [-0.2, 0) is 0 Å². The van der Waals surface area contributed by atoms with Crippen molar-refractivity contribution in [2.75, 3.05) is 7.05 Å². The molecule has 1 fully saturated rings. The van der Waals surface area contributed by atoms with Gasteiger partial charge in [-0.1, -0.05) is 6.07 Å². The molecule has 0 spiro atoms. The average Bonchev–Trinajstić information content (AvgIpc) is 3.03. The number of rotatable bonds is 2. The molecular weight excluding hydrogens is 308 g/mol. The quantitative estimate of drug-likeness (QED) is 0.768. The maximum atomic E-state index is 13.6. The first-order valence-electron chi connectivity index (χ1n) is 4.82. The highest BCUT2D eigenvalue weighted by Crippen LogP contribution is 2.27. The smallest absolute Gasteiger partial charge is 0.256 e. The zero-order valence-corrected chi connectivity index (χ0v) is 10.5. The number of amides is 1. The maximum absolute atomic E-state index is 13.6. The third-order valence-electron chi connectivity index (χ3n) is 2.60. The van der Waals surface area contributed by atoms with Crippen molar-refractivity contribution < 1.29 is 9.18 Å². The molecule has 1 aliphatic rings. The highest BCUT2D eigenvalue weighted by molar-refractivity contribution is 14.1. The van der Waals surface area contributed by atoms with Gasteiger partial charge in [-0.05, 0) is 47.6 Å². The Kier molecular flexibility index (Phi) is 2.95. The first kappa shape index (κ1) is 10.9. The van der Waals surface area contributed by atoms with Crippen molar-refractivity contribution in [1.29, 1.82) is 0 Å². The molecule has 1 aromatic rings. The second-order valence-corrected chi connectivity index (χ2v) is 4.91. The molecule has 1 saturated carbocycles. The minimum Gasteiger partial charge on any atom is -0.339 e. The average molecular weight is 319 g/mol. The normalized spacial score (nSPS) is 15.1. The fraction of sp³-hybridized carbons (Fsp3) is 0.364. The summed E-state index contributed by atoms with van der Waals surface area (Å²) >= 11 is 1.89. The summed E-state index contributed by atoms with van der Waals surface area (Å²) in [5.74, 6) is -0.621. The number of halogens is 2. The largest absolute Gasteiger partial charge is 0.339 e. The van der Waals surface area contributed by atoms with Crippen molar-refractivity contribution in [3.05, 3.63) is 33.1 Å². The van der Waals surface area contributed by atoms with E-state index >= 15 is 0 Å². The molecule has 0 aliphatic heterocycles. The van der Waals surface area contributed by atoms with E-state index in [1.807, 2.05) is 22.6 Å². The predicted molar refractivity (Wildman–Crippen MR) is 64.2 cm³/mol. The van der Waals surface area contributed by atoms with Gasteiger partial charge in [-0.3, -0.25) is 4.79 Å². The first-order chi connectivity index (χ1) is 7.11. The third kappa shape index (κ3) is 2.14. The van der Waals surface area contributed by atoms with Crippen LogP contribution in [0.1, 0.15) is 23.2 Å². The number of carbonyl (C=O) groups excluding carboxylic acids is 1. The molecule has 0 saturated heterocycles. The molecule has 2 rings (SSSR count). The molecular formula is C11H11FINO. The molecule has 0 heterocycles. The standard InChI is InChI=1S/C11H11FINO/c1-14(7-5-6-7)11(15)8-3-2-4-9(13)10(8)12/h2-4,7H,5-6H2,1H3. The Labute approximate surface area is 102 Å². The van der Waals surface area contributed by atoms with E-state index in [1.54, 1.807) is 30.1 Å². The molecule has 4 heteroatoms. The van der Waals surface area contributed by atoms with Gasteiger partial charge in [0.25, 0.3) is 5.91 Å². The van der Waals surface area contributed by atoms with Crippen LogP contribution in [0.3, 0.4) is 0 Å². The van der Waals surface area contributed by atoms with Gasteiger partial charge in [0, 0.05) is 16.7 Å². The molecule has 2 nitrogen and oxygen atoms in total. The van der Waals surface area contributed by atoms with Gasteiger partial charge >= 0.3 is 0 Å². The molecule has 0 unspecified atom stereocenters. The predicted octanol–water partition coefficient (Wildman–Crippen LogP) is 2.66. The van der Waals surface area contributed by atoms with Crippen LogP contribution in [0.25, 0.3) is 0 Å². The monoisotopic (exact) mass is 319 g/mol. The van der Waals surface area contributed by atoms with Crippen molar-refractivity contribution in [2.45, 2.75) is 18.9 Å². The van der Waals surface area contributed by atoms with Crippen LogP contribution in [0.4, 0.5) is 4.39 Å². The van der Waals surface area contributed by atoms with Crippen LogP contribution < -0.4 is 0 Å². The molecule has 1 amide bonds. The van der Waals surface area contributed by atoms with Crippen LogP contribution in [0.5, 0.6) is 0 Å². The van der Waals surface area contributed by atoms with Gasteiger partial charge in [-0.2, -0.15) is 0 Å². The van der Waals surface area contributed by atoms with Crippen molar-refractivity contribution >= 4 is 28.5 Å². The summed E-state index contributed by atoms with van der Waals surface area (Å²) in [5, 5.41) is 0. The highest BCUT2D eigenvalue weighted by atomic mass is 127. The number of nitrogens with zero attached hydrogens (tertiary/aromatic N) is 1. The zero-order valence-electron chi connectivity index (χ0n) is 8.34. The zero-order chi connectivity index (χ0) is 11.0. The van der Waals surface area contributed by atoms with E-state index in [9.17, 15) is 9.18 Å². The summed E-state index contributed by atoms with van der Waals surface area (Å²) in [6.45, 7) is 0. The molecule has 1 aromatic carbocycles. The van der Waals surface area contributed by atoms with E-state index in [-0.39, 0.29) is 11.5 Å². The summed E-state index contributed by atoms with van der Waals surface area (Å²) in [6, 6.07) is 5.22. The Hall–Kier alpha value is -0.650. The van der Waals surface area contributed by atoms with Crippen LogP contribution >= 0.6 is 22.6 Å². The number of hydrogen-bond donors (Lipinski definition) is 0. The van der Waals surface area contributed by atoms with E-state index in [0.29, 0.717) is 9.61 Å².